The standard InChI is InChI=1S/C19H20FNO4S/c1-2-25-19(22)13-18-17-6-4-3-5-14(17)11-12-21(18)26(23,24)16-9-7-15(20)8-10-16/h3-10,18H,2,11-13H2,1H3. The summed E-state index contributed by atoms with van der Waals surface area (Å²) in [5.41, 5.74) is 1.82. The van der Waals surface area contributed by atoms with E-state index in [1.807, 2.05) is 24.3 Å². The second kappa shape index (κ2) is 7.55. The molecule has 0 saturated heterocycles. The number of carbonyl (C=O) groups excluding carboxylic acids is 1. The summed E-state index contributed by atoms with van der Waals surface area (Å²) in [6, 6.07) is 11.6. The lowest BCUT2D eigenvalue weighted by Gasteiger charge is -2.36. The van der Waals surface area contributed by atoms with Gasteiger partial charge in [0.1, 0.15) is 5.82 Å². The number of carbonyl (C=O) groups is 1. The smallest absolute Gasteiger partial charge is 0.307 e. The van der Waals surface area contributed by atoms with E-state index in [9.17, 15) is 17.6 Å². The third-order valence-corrected chi connectivity index (χ3v) is 6.37. The molecule has 0 aliphatic carbocycles. The number of halogens is 1. The van der Waals surface area contributed by atoms with E-state index in [1.54, 1.807) is 6.92 Å². The molecule has 138 valence electrons. The molecule has 1 atom stereocenters. The van der Waals surface area contributed by atoms with E-state index in [0.29, 0.717) is 6.42 Å². The van der Waals surface area contributed by atoms with Gasteiger partial charge in [0.15, 0.2) is 0 Å². The zero-order chi connectivity index (χ0) is 18.7. The first-order chi connectivity index (χ1) is 12.4. The van der Waals surface area contributed by atoms with E-state index >= 15 is 0 Å². The van der Waals surface area contributed by atoms with Crippen LogP contribution in [0.1, 0.15) is 30.5 Å². The van der Waals surface area contributed by atoms with Crippen LogP contribution in [0.15, 0.2) is 53.4 Å². The van der Waals surface area contributed by atoms with E-state index in [1.165, 1.54) is 16.4 Å². The second-order valence-electron chi connectivity index (χ2n) is 6.04. The molecular formula is C19H20FNO4S. The third kappa shape index (κ3) is 3.64. The molecule has 0 N–H and O–H groups in total. The maximum Gasteiger partial charge on any atom is 0.307 e. The number of hydrogen-bond acceptors (Lipinski definition) is 4. The highest BCUT2D eigenvalue weighted by molar-refractivity contribution is 7.89. The third-order valence-electron chi connectivity index (χ3n) is 4.45. The number of esters is 1. The normalized spacial score (nSPS) is 17.5. The van der Waals surface area contributed by atoms with Crippen LogP contribution in [-0.2, 0) is 26.0 Å². The Bertz CT molecular complexity index is 896. The van der Waals surface area contributed by atoms with Crippen molar-refractivity contribution in [1.82, 2.24) is 4.31 Å². The minimum Gasteiger partial charge on any atom is -0.466 e. The predicted octanol–water partition coefficient (Wildman–Crippen LogP) is 3.07. The Morgan fingerprint density at radius 1 is 1.19 bits per heavy atom. The average molecular weight is 377 g/mol. The molecule has 26 heavy (non-hydrogen) atoms. The Balaban J connectivity index is 2.01. The number of nitrogens with zero attached hydrogens (tertiary/aromatic N) is 1. The van der Waals surface area contributed by atoms with Crippen LogP contribution in [0.5, 0.6) is 0 Å². The van der Waals surface area contributed by atoms with E-state index < -0.39 is 27.9 Å². The van der Waals surface area contributed by atoms with Crippen LogP contribution in [0.3, 0.4) is 0 Å². The topological polar surface area (TPSA) is 63.7 Å². The second-order valence-corrected chi connectivity index (χ2v) is 7.93. The molecule has 7 heteroatoms. The van der Waals surface area contributed by atoms with Gasteiger partial charge in [-0.15, -0.1) is 0 Å². The molecule has 3 rings (SSSR count). The molecule has 1 unspecified atom stereocenters. The van der Waals surface area contributed by atoms with Crippen LogP contribution in [0.4, 0.5) is 4.39 Å². The molecule has 0 aromatic heterocycles. The molecule has 0 saturated carbocycles. The highest BCUT2D eigenvalue weighted by Gasteiger charge is 2.37. The summed E-state index contributed by atoms with van der Waals surface area (Å²) in [7, 11) is -3.87. The van der Waals surface area contributed by atoms with Crippen molar-refractivity contribution in [1.29, 1.82) is 0 Å². The molecule has 0 amide bonds. The van der Waals surface area contributed by atoms with Crippen molar-refractivity contribution in [3.63, 3.8) is 0 Å². The van der Waals surface area contributed by atoms with Gasteiger partial charge >= 0.3 is 5.97 Å². The monoisotopic (exact) mass is 377 g/mol. The number of fused-ring (bicyclic) bond motifs is 1. The van der Waals surface area contributed by atoms with Gasteiger partial charge in [-0.05, 0) is 48.7 Å². The Morgan fingerprint density at radius 2 is 1.88 bits per heavy atom. The van der Waals surface area contributed by atoms with Gasteiger partial charge in [0.2, 0.25) is 10.0 Å². The largest absolute Gasteiger partial charge is 0.466 e. The van der Waals surface area contributed by atoms with E-state index in [0.717, 1.165) is 23.3 Å². The molecule has 1 heterocycles. The Morgan fingerprint density at radius 3 is 2.58 bits per heavy atom. The fourth-order valence-corrected chi connectivity index (χ4v) is 4.85. The Kier molecular flexibility index (Phi) is 5.38. The van der Waals surface area contributed by atoms with Gasteiger partial charge in [-0.1, -0.05) is 24.3 Å². The highest BCUT2D eigenvalue weighted by atomic mass is 32.2. The fraction of sp³-hybridized carbons (Fsp3) is 0.316. The zero-order valence-electron chi connectivity index (χ0n) is 14.4. The molecule has 1 aliphatic rings. The minimum absolute atomic E-state index is 0.00661. The summed E-state index contributed by atoms with van der Waals surface area (Å²) < 4.78 is 45.7. The maximum absolute atomic E-state index is 13.2. The molecule has 2 aromatic rings. The molecular weight excluding hydrogens is 357 g/mol. The van der Waals surface area contributed by atoms with Gasteiger partial charge in [-0.25, -0.2) is 12.8 Å². The van der Waals surface area contributed by atoms with Gasteiger partial charge in [0.05, 0.1) is 24.0 Å². The van der Waals surface area contributed by atoms with Crippen molar-refractivity contribution in [2.75, 3.05) is 13.2 Å². The molecule has 0 radical (unpaired) electrons. The maximum atomic E-state index is 13.2. The van der Waals surface area contributed by atoms with E-state index in [4.69, 9.17) is 4.74 Å². The lowest BCUT2D eigenvalue weighted by molar-refractivity contribution is -0.144. The highest BCUT2D eigenvalue weighted by Crippen LogP contribution is 2.36. The van der Waals surface area contributed by atoms with Gasteiger partial charge in [-0.3, -0.25) is 4.79 Å². The number of sulfonamides is 1. The van der Waals surface area contributed by atoms with Crippen LogP contribution >= 0.6 is 0 Å². The summed E-state index contributed by atoms with van der Waals surface area (Å²) in [5.74, 6) is -0.954. The van der Waals surface area contributed by atoms with Crippen molar-refractivity contribution < 1.29 is 22.3 Å². The lowest BCUT2D eigenvalue weighted by Crippen LogP contribution is -2.41. The van der Waals surface area contributed by atoms with Crippen molar-refractivity contribution in [2.24, 2.45) is 0 Å². The van der Waals surface area contributed by atoms with Crippen molar-refractivity contribution in [2.45, 2.75) is 30.7 Å². The van der Waals surface area contributed by atoms with Gasteiger partial charge < -0.3 is 4.74 Å². The first-order valence-electron chi connectivity index (χ1n) is 8.44. The molecule has 0 fully saturated rings. The molecule has 0 bridgehead atoms. The first kappa shape index (κ1) is 18.5. The molecule has 2 aromatic carbocycles. The molecule has 5 nitrogen and oxygen atoms in total. The van der Waals surface area contributed by atoms with Gasteiger partial charge in [0.25, 0.3) is 0 Å². The average Bonchev–Trinajstić information content (AvgIpc) is 2.62. The zero-order valence-corrected chi connectivity index (χ0v) is 15.2. The fourth-order valence-electron chi connectivity index (χ4n) is 3.25. The van der Waals surface area contributed by atoms with Crippen LogP contribution in [0, 0.1) is 5.82 Å². The van der Waals surface area contributed by atoms with Crippen LogP contribution in [-0.4, -0.2) is 31.8 Å². The van der Waals surface area contributed by atoms with Gasteiger partial charge in [-0.2, -0.15) is 4.31 Å². The predicted molar refractivity (Wildman–Crippen MR) is 94.4 cm³/mol. The molecule has 0 spiro atoms. The Labute approximate surface area is 152 Å². The summed E-state index contributed by atoms with van der Waals surface area (Å²) >= 11 is 0. The van der Waals surface area contributed by atoms with E-state index in [2.05, 4.69) is 0 Å². The van der Waals surface area contributed by atoms with Crippen LogP contribution in [0.2, 0.25) is 0 Å². The Hall–Kier alpha value is -2.25. The van der Waals surface area contributed by atoms with Crippen molar-refractivity contribution >= 4 is 16.0 Å². The van der Waals surface area contributed by atoms with Crippen LogP contribution in [0.25, 0.3) is 0 Å². The van der Waals surface area contributed by atoms with Gasteiger partial charge in [0, 0.05) is 6.54 Å². The lowest BCUT2D eigenvalue weighted by atomic mass is 9.92. The number of ether oxygens (including phenoxy) is 1. The number of hydrogen-bond donors (Lipinski definition) is 0. The number of benzene rings is 2. The summed E-state index contributed by atoms with van der Waals surface area (Å²) in [5, 5.41) is 0. The summed E-state index contributed by atoms with van der Waals surface area (Å²) in [6.45, 7) is 2.19. The number of rotatable bonds is 5. The first-order valence-corrected chi connectivity index (χ1v) is 9.88. The molecule has 1 aliphatic heterocycles. The van der Waals surface area contributed by atoms with Crippen molar-refractivity contribution in [3.8, 4) is 0 Å². The SMILES string of the molecule is CCOC(=O)CC1c2ccccc2CCN1S(=O)(=O)c1ccc(F)cc1. The summed E-state index contributed by atoms with van der Waals surface area (Å²) in [6.07, 6.45) is 0.487. The van der Waals surface area contributed by atoms with Crippen LogP contribution < -0.4 is 0 Å². The summed E-state index contributed by atoms with van der Waals surface area (Å²) in [4.78, 5) is 12.1. The van der Waals surface area contributed by atoms with E-state index in [-0.39, 0.29) is 24.5 Å². The van der Waals surface area contributed by atoms with Crippen molar-refractivity contribution in [3.05, 3.63) is 65.5 Å². The minimum atomic E-state index is -3.87. The quantitative estimate of drug-likeness (QED) is 0.752.